The minimum absolute atomic E-state index is 0.00794. The van der Waals surface area contributed by atoms with E-state index in [1.807, 2.05) is 84.9 Å². The summed E-state index contributed by atoms with van der Waals surface area (Å²) in [6.07, 6.45) is 4.02. The van der Waals surface area contributed by atoms with Gasteiger partial charge in [0, 0.05) is 42.6 Å². The smallest absolute Gasteiger partial charge is 0.261 e. The van der Waals surface area contributed by atoms with Gasteiger partial charge >= 0.3 is 0 Å². The van der Waals surface area contributed by atoms with Crippen molar-refractivity contribution in [2.45, 2.75) is 13.0 Å². The Morgan fingerprint density at radius 1 is 1.11 bits per heavy atom. The highest BCUT2D eigenvalue weighted by Gasteiger charge is 2.15. The van der Waals surface area contributed by atoms with E-state index in [9.17, 15) is 10.1 Å². The Kier molecular flexibility index (Phi) is 9.30. The third kappa shape index (κ3) is 7.10. The van der Waals surface area contributed by atoms with Crippen LogP contribution in [0, 0.1) is 11.3 Å². The number of aromatic nitrogens is 2. The minimum atomic E-state index is -0.443. The summed E-state index contributed by atoms with van der Waals surface area (Å²) in [5.74, 6) is 0.222. The molecule has 0 fully saturated rings. The van der Waals surface area contributed by atoms with Crippen LogP contribution in [0.5, 0.6) is 5.75 Å². The maximum Gasteiger partial charge on any atom is 0.261 e. The van der Waals surface area contributed by atoms with E-state index in [1.54, 1.807) is 24.1 Å². The third-order valence-electron chi connectivity index (χ3n) is 5.67. The van der Waals surface area contributed by atoms with Crippen molar-refractivity contribution in [1.29, 1.82) is 5.26 Å². The molecule has 0 aliphatic heterocycles. The van der Waals surface area contributed by atoms with Gasteiger partial charge in [-0.1, -0.05) is 54.1 Å². The first-order valence-electron chi connectivity index (χ1n) is 12.1. The molecule has 8 heteroatoms. The number of ether oxygens (including phenoxy) is 2. The SMILES string of the molecule is COCCCNC(=O)/C(C#N)=C\c1cn(-c2ccccc2)nc1-c1cccc(OCc2ccc(Cl)cc2)c1. The number of hydrogen-bond donors (Lipinski definition) is 1. The number of carbonyl (C=O) groups excluding carboxylic acids is 1. The van der Waals surface area contributed by atoms with E-state index in [0.29, 0.717) is 48.2 Å². The van der Waals surface area contributed by atoms with Crippen LogP contribution in [0.2, 0.25) is 5.02 Å². The zero-order valence-electron chi connectivity index (χ0n) is 20.9. The average Bonchev–Trinajstić information content (AvgIpc) is 3.38. The molecule has 0 radical (unpaired) electrons. The van der Waals surface area contributed by atoms with E-state index in [1.165, 1.54) is 0 Å². The lowest BCUT2D eigenvalue weighted by molar-refractivity contribution is -0.117. The number of para-hydroxylation sites is 1. The topological polar surface area (TPSA) is 89.2 Å². The molecule has 0 saturated carbocycles. The van der Waals surface area contributed by atoms with Crippen LogP contribution < -0.4 is 10.1 Å². The monoisotopic (exact) mass is 526 g/mol. The van der Waals surface area contributed by atoms with Crippen LogP contribution in [-0.2, 0) is 16.1 Å². The fourth-order valence-corrected chi connectivity index (χ4v) is 3.85. The largest absolute Gasteiger partial charge is 0.489 e. The molecule has 3 aromatic carbocycles. The fraction of sp³-hybridized carbons (Fsp3) is 0.167. The molecular weight excluding hydrogens is 500 g/mol. The van der Waals surface area contributed by atoms with Gasteiger partial charge in [0.2, 0.25) is 0 Å². The standard InChI is InChI=1S/C30H27ClN4O3/c1-37-16-6-15-33-30(36)24(19-32)17-25-20-35(27-8-3-2-4-9-27)34-29(25)23-7-5-10-28(18-23)38-21-22-11-13-26(31)14-12-22/h2-5,7-14,17-18,20H,6,15-16,21H2,1H3,(H,33,36)/b24-17-. The van der Waals surface area contributed by atoms with Crippen molar-refractivity contribution in [2.75, 3.05) is 20.3 Å². The van der Waals surface area contributed by atoms with Crippen molar-refractivity contribution in [3.05, 3.63) is 107 Å². The summed E-state index contributed by atoms with van der Waals surface area (Å²) in [6.45, 7) is 1.32. The molecule has 1 heterocycles. The van der Waals surface area contributed by atoms with Gasteiger partial charge in [-0.15, -0.1) is 0 Å². The number of halogens is 1. The van der Waals surface area contributed by atoms with Crippen LogP contribution in [0.15, 0.2) is 90.6 Å². The molecular formula is C30H27ClN4O3. The van der Waals surface area contributed by atoms with Gasteiger partial charge in [0.1, 0.15) is 29.7 Å². The molecule has 1 amide bonds. The molecule has 38 heavy (non-hydrogen) atoms. The van der Waals surface area contributed by atoms with E-state index in [-0.39, 0.29) is 5.57 Å². The van der Waals surface area contributed by atoms with Crippen molar-refractivity contribution in [2.24, 2.45) is 0 Å². The predicted octanol–water partition coefficient (Wildman–Crippen LogP) is 5.83. The van der Waals surface area contributed by atoms with Crippen LogP contribution in [0.25, 0.3) is 23.0 Å². The van der Waals surface area contributed by atoms with E-state index in [2.05, 4.69) is 5.32 Å². The quantitative estimate of drug-likeness (QED) is 0.151. The van der Waals surface area contributed by atoms with E-state index in [0.717, 1.165) is 16.8 Å². The van der Waals surface area contributed by atoms with E-state index < -0.39 is 5.91 Å². The Hall–Kier alpha value is -4.38. The molecule has 0 aliphatic rings. The van der Waals surface area contributed by atoms with Gasteiger partial charge in [0.05, 0.1) is 5.69 Å². The highest BCUT2D eigenvalue weighted by molar-refractivity contribution is 6.30. The van der Waals surface area contributed by atoms with Gasteiger partial charge in [-0.3, -0.25) is 4.79 Å². The average molecular weight is 527 g/mol. The van der Waals surface area contributed by atoms with Crippen LogP contribution >= 0.6 is 11.6 Å². The molecule has 0 saturated heterocycles. The number of methoxy groups -OCH3 is 1. The first-order chi connectivity index (χ1) is 18.6. The Morgan fingerprint density at radius 3 is 2.63 bits per heavy atom. The molecule has 4 rings (SSSR count). The van der Waals surface area contributed by atoms with Crippen LogP contribution in [0.1, 0.15) is 17.5 Å². The molecule has 0 unspecified atom stereocenters. The summed E-state index contributed by atoms with van der Waals surface area (Å²) < 4.78 is 12.8. The molecule has 1 N–H and O–H groups in total. The molecule has 4 aromatic rings. The van der Waals surface area contributed by atoms with E-state index >= 15 is 0 Å². The maximum atomic E-state index is 12.7. The van der Waals surface area contributed by atoms with Gasteiger partial charge in [0.25, 0.3) is 5.91 Å². The van der Waals surface area contributed by atoms with Crippen molar-refractivity contribution in [3.63, 3.8) is 0 Å². The molecule has 0 bridgehead atoms. The molecule has 192 valence electrons. The second-order valence-electron chi connectivity index (χ2n) is 8.43. The molecule has 1 aromatic heterocycles. The summed E-state index contributed by atoms with van der Waals surface area (Å²) in [4.78, 5) is 12.7. The number of nitriles is 1. The zero-order chi connectivity index (χ0) is 26.7. The second kappa shape index (κ2) is 13.2. The van der Waals surface area contributed by atoms with Gasteiger partial charge < -0.3 is 14.8 Å². The number of rotatable bonds is 11. The molecule has 0 spiro atoms. The van der Waals surface area contributed by atoms with Gasteiger partial charge in [-0.25, -0.2) is 4.68 Å². The van der Waals surface area contributed by atoms with Crippen molar-refractivity contribution >= 4 is 23.6 Å². The Balaban J connectivity index is 1.64. The van der Waals surface area contributed by atoms with Gasteiger partial charge in [-0.05, 0) is 54.5 Å². The number of nitrogens with one attached hydrogen (secondary N) is 1. The first kappa shape index (κ1) is 26.7. The highest BCUT2D eigenvalue weighted by Crippen LogP contribution is 2.29. The van der Waals surface area contributed by atoms with Crippen molar-refractivity contribution in [3.8, 4) is 28.8 Å². The van der Waals surface area contributed by atoms with Gasteiger partial charge in [0.15, 0.2) is 0 Å². The number of carbonyl (C=O) groups is 1. The summed E-state index contributed by atoms with van der Waals surface area (Å²) in [5, 5.41) is 18.0. The number of hydrogen-bond acceptors (Lipinski definition) is 5. The van der Waals surface area contributed by atoms with E-state index in [4.69, 9.17) is 26.2 Å². The Labute approximate surface area is 226 Å². The van der Waals surface area contributed by atoms with Crippen LogP contribution in [0.3, 0.4) is 0 Å². The minimum Gasteiger partial charge on any atom is -0.489 e. The normalized spacial score (nSPS) is 11.1. The highest BCUT2D eigenvalue weighted by atomic mass is 35.5. The summed E-state index contributed by atoms with van der Waals surface area (Å²) >= 11 is 5.98. The number of benzene rings is 3. The predicted molar refractivity (Wildman–Crippen MR) is 148 cm³/mol. The maximum absolute atomic E-state index is 12.7. The first-order valence-corrected chi connectivity index (χ1v) is 12.5. The zero-order valence-corrected chi connectivity index (χ0v) is 21.7. The van der Waals surface area contributed by atoms with Crippen molar-refractivity contribution in [1.82, 2.24) is 15.1 Å². The number of amides is 1. The summed E-state index contributed by atoms with van der Waals surface area (Å²) in [6, 6.07) is 26.7. The molecule has 7 nitrogen and oxygen atoms in total. The summed E-state index contributed by atoms with van der Waals surface area (Å²) in [5.41, 5.74) is 3.87. The van der Waals surface area contributed by atoms with Crippen molar-refractivity contribution < 1.29 is 14.3 Å². The van der Waals surface area contributed by atoms with Crippen LogP contribution in [-0.4, -0.2) is 35.9 Å². The Bertz CT molecular complexity index is 1440. The lowest BCUT2D eigenvalue weighted by atomic mass is 10.1. The van der Waals surface area contributed by atoms with Crippen LogP contribution in [0.4, 0.5) is 0 Å². The fourth-order valence-electron chi connectivity index (χ4n) is 3.73. The van der Waals surface area contributed by atoms with Gasteiger partial charge in [-0.2, -0.15) is 10.4 Å². The third-order valence-corrected chi connectivity index (χ3v) is 5.92. The second-order valence-corrected chi connectivity index (χ2v) is 8.86. The Morgan fingerprint density at radius 2 is 1.89 bits per heavy atom. The number of nitrogens with zero attached hydrogens (tertiary/aromatic N) is 3. The summed E-state index contributed by atoms with van der Waals surface area (Å²) in [7, 11) is 1.60. The lowest BCUT2D eigenvalue weighted by Crippen LogP contribution is -2.26. The lowest BCUT2D eigenvalue weighted by Gasteiger charge is -2.08. The molecule has 0 aliphatic carbocycles. The molecule has 0 atom stereocenters.